The highest BCUT2D eigenvalue weighted by Crippen LogP contribution is 2.35. The zero-order chi connectivity index (χ0) is 15.2. The summed E-state index contributed by atoms with van der Waals surface area (Å²) in [5, 5.41) is 2.83. The van der Waals surface area contributed by atoms with E-state index >= 15 is 0 Å². The second-order valence-electron chi connectivity index (χ2n) is 5.92. The molecule has 21 heavy (non-hydrogen) atoms. The highest BCUT2D eigenvalue weighted by Gasteiger charge is 2.30. The van der Waals surface area contributed by atoms with Gasteiger partial charge in [-0.3, -0.25) is 4.79 Å². The third kappa shape index (κ3) is 4.21. The van der Waals surface area contributed by atoms with Crippen LogP contribution in [0.15, 0.2) is 24.3 Å². The molecule has 0 heterocycles. The normalized spacial score (nSPS) is 25.4. The summed E-state index contributed by atoms with van der Waals surface area (Å²) in [5.74, 6) is 1.77. The van der Waals surface area contributed by atoms with Crippen LogP contribution in [0, 0.1) is 11.8 Å². The van der Waals surface area contributed by atoms with Crippen molar-refractivity contribution in [1.29, 1.82) is 0 Å². The minimum absolute atomic E-state index is 0.0866. The fourth-order valence-electron chi connectivity index (χ4n) is 3.08. The van der Waals surface area contributed by atoms with Crippen LogP contribution >= 0.6 is 0 Å². The van der Waals surface area contributed by atoms with Gasteiger partial charge in [-0.15, -0.1) is 0 Å². The predicted molar refractivity (Wildman–Crippen MR) is 85.3 cm³/mol. The summed E-state index contributed by atoms with van der Waals surface area (Å²) in [5.41, 5.74) is 6.64. The molecule has 4 nitrogen and oxygen atoms in total. The Labute approximate surface area is 127 Å². The lowest BCUT2D eigenvalue weighted by atomic mass is 9.78. The van der Waals surface area contributed by atoms with Gasteiger partial charge in [0.25, 0.3) is 0 Å². The van der Waals surface area contributed by atoms with Crippen molar-refractivity contribution in [2.24, 2.45) is 17.6 Å². The SMILES string of the molecule is CCC1CCC(CN)C(Oc2ccccc2NC(C)=O)C1. The molecule has 1 aromatic carbocycles. The number of anilines is 1. The highest BCUT2D eigenvalue weighted by molar-refractivity contribution is 5.90. The number of hydrogen-bond acceptors (Lipinski definition) is 3. The van der Waals surface area contributed by atoms with Crippen molar-refractivity contribution in [3.05, 3.63) is 24.3 Å². The summed E-state index contributed by atoms with van der Waals surface area (Å²) in [6.45, 7) is 4.40. The zero-order valence-electron chi connectivity index (χ0n) is 13.0. The van der Waals surface area contributed by atoms with Crippen molar-refractivity contribution in [3.63, 3.8) is 0 Å². The van der Waals surface area contributed by atoms with Crippen molar-refractivity contribution in [3.8, 4) is 5.75 Å². The summed E-state index contributed by atoms with van der Waals surface area (Å²) in [4.78, 5) is 11.3. The van der Waals surface area contributed by atoms with E-state index in [1.54, 1.807) is 0 Å². The fraction of sp³-hybridized carbons (Fsp3) is 0.588. The van der Waals surface area contributed by atoms with Crippen molar-refractivity contribution in [2.75, 3.05) is 11.9 Å². The molecule has 0 bridgehead atoms. The smallest absolute Gasteiger partial charge is 0.221 e. The van der Waals surface area contributed by atoms with E-state index in [-0.39, 0.29) is 12.0 Å². The van der Waals surface area contributed by atoms with Crippen LogP contribution < -0.4 is 15.8 Å². The Kier molecular flexibility index (Phi) is 5.62. The molecule has 0 saturated heterocycles. The Morgan fingerprint density at radius 3 is 2.81 bits per heavy atom. The largest absolute Gasteiger partial charge is 0.488 e. The van der Waals surface area contributed by atoms with Gasteiger partial charge in [0.05, 0.1) is 5.69 Å². The molecule has 1 aliphatic rings. The number of carbonyl (C=O) groups is 1. The molecule has 4 heteroatoms. The Balaban J connectivity index is 2.13. The van der Waals surface area contributed by atoms with Crippen molar-refractivity contribution < 1.29 is 9.53 Å². The molecule has 0 aromatic heterocycles. The number of benzene rings is 1. The van der Waals surface area contributed by atoms with Crippen LogP contribution in [0.4, 0.5) is 5.69 Å². The molecule has 1 saturated carbocycles. The molecule has 3 atom stereocenters. The van der Waals surface area contributed by atoms with Gasteiger partial charge in [-0.2, -0.15) is 0 Å². The van der Waals surface area contributed by atoms with Crippen LogP contribution in [0.1, 0.15) is 39.5 Å². The summed E-state index contributed by atoms with van der Waals surface area (Å²) in [6.07, 6.45) is 4.74. The molecular formula is C17H26N2O2. The van der Waals surface area contributed by atoms with Crippen LogP contribution in [-0.2, 0) is 4.79 Å². The molecule has 1 fully saturated rings. The number of para-hydroxylation sites is 2. The van der Waals surface area contributed by atoms with Gasteiger partial charge >= 0.3 is 0 Å². The molecule has 0 spiro atoms. The standard InChI is InChI=1S/C17H26N2O2/c1-3-13-8-9-14(11-18)17(10-13)21-16-7-5-4-6-15(16)19-12(2)20/h4-7,13-14,17H,3,8-11,18H2,1-2H3,(H,19,20). The van der Waals surface area contributed by atoms with Crippen LogP contribution in [-0.4, -0.2) is 18.6 Å². The summed E-state index contributed by atoms with van der Waals surface area (Å²) < 4.78 is 6.23. The zero-order valence-corrected chi connectivity index (χ0v) is 13.0. The maximum atomic E-state index is 11.3. The second kappa shape index (κ2) is 7.46. The molecule has 0 aliphatic heterocycles. The first kappa shape index (κ1) is 15.8. The molecule has 3 N–H and O–H groups in total. The summed E-state index contributed by atoms with van der Waals surface area (Å²) >= 11 is 0. The third-order valence-electron chi connectivity index (χ3n) is 4.39. The Morgan fingerprint density at radius 1 is 1.38 bits per heavy atom. The minimum Gasteiger partial charge on any atom is -0.488 e. The van der Waals surface area contributed by atoms with Gasteiger partial charge in [-0.05, 0) is 43.9 Å². The summed E-state index contributed by atoms with van der Waals surface area (Å²) in [6, 6.07) is 7.61. The van der Waals surface area contributed by atoms with Gasteiger partial charge in [0.15, 0.2) is 0 Å². The monoisotopic (exact) mass is 290 g/mol. The number of amides is 1. The van der Waals surface area contributed by atoms with E-state index < -0.39 is 0 Å². The molecule has 1 aliphatic carbocycles. The van der Waals surface area contributed by atoms with Crippen LogP contribution in [0.5, 0.6) is 5.75 Å². The van der Waals surface area contributed by atoms with Gasteiger partial charge in [0.1, 0.15) is 11.9 Å². The van der Waals surface area contributed by atoms with E-state index in [9.17, 15) is 4.79 Å². The lowest BCUT2D eigenvalue weighted by Crippen LogP contribution is -2.38. The minimum atomic E-state index is -0.0866. The average Bonchev–Trinajstić information content (AvgIpc) is 2.48. The van der Waals surface area contributed by atoms with Gasteiger partial charge in [-0.25, -0.2) is 0 Å². The van der Waals surface area contributed by atoms with Gasteiger partial charge < -0.3 is 15.8 Å². The van der Waals surface area contributed by atoms with E-state index in [1.165, 1.54) is 19.8 Å². The number of hydrogen-bond donors (Lipinski definition) is 2. The topological polar surface area (TPSA) is 64.3 Å². The van der Waals surface area contributed by atoms with Crippen LogP contribution in [0.3, 0.4) is 0 Å². The lowest BCUT2D eigenvalue weighted by Gasteiger charge is -2.35. The molecule has 116 valence electrons. The van der Waals surface area contributed by atoms with E-state index in [2.05, 4.69) is 12.2 Å². The van der Waals surface area contributed by atoms with E-state index in [0.29, 0.717) is 18.4 Å². The van der Waals surface area contributed by atoms with Crippen molar-refractivity contribution >= 4 is 11.6 Å². The lowest BCUT2D eigenvalue weighted by molar-refractivity contribution is -0.114. The average molecular weight is 290 g/mol. The molecule has 3 unspecified atom stereocenters. The van der Waals surface area contributed by atoms with Gasteiger partial charge in [0.2, 0.25) is 5.91 Å². The Hall–Kier alpha value is -1.55. The Morgan fingerprint density at radius 2 is 2.14 bits per heavy atom. The summed E-state index contributed by atoms with van der Waals surface area (Å²) in [7, 11) is 0. The maximum absolute atomic E-state index is 11.3. The number of carbonyl (C=O) groups excluding carboxylic acids is 1. The fourth-order valence-corrected chi connectivity index (χ4v) is 3.08. The van der Waals surface area contributed by atoms with Gasteiger partial charge in [0, 0.05) is 12.8 Å². The Bertz CT molecular complexity index is 476. The van der Waals surface area contributed by atoms with E-state index in [0.717, 1.165) is 24.3 Å². The molecule has 0 radical (unpaired) electrons. The quantitative estimate of drug-likeness (QED) is 0.875. The van der Waals surface area contributed by atoms with E-state index in [4.69, 9.17) is 10.5 Å². The first-order valence-corrected chi connectivity index (χ1v) is 7.87. The first-order chi connectivity index (χ1) is 10.1. The molecule has 1 amide bonds. The number of nitrogens with one attached hydrogen (secondary N) is 1. The molecule has 2 rings (SSSR count). The third-order valence-corrected chi connectivity index (χ3v) is 4.39. The number of nitrogens with two attached hydrogens (primary N) is 1. The number of ether oxygens (including phenoxy) is 1. The molecule has 1 aromatic rings. The van der Waals surface area contributed by atoms with Crippen molar-refractivity contribution in [1.82, 2.24) is 0 Å². The number of rotatable bonds is 5. The van der Waals surface area contributed by atoms with Gasteiger partial charge in [-0.1, -0.05) is 25.5 Å². The maximum Gasteiger partial charge on any atom is 0.221 e. The first-order valence-electron chi connectivity index (χ1n) is 7.87. The van der Waals surface area contributed by atoms with Crippen LogP contribution in [0.25, 0.3) is 0 Å². The van der Waals surface area contributed by atoms with Crippen LogP contribution in [0.2, 0.25) is 0 Å². The van der Waals surface area contributed by atoms with E-state index in [1.807, 2.05) is 24.3 Å². The van der Waals surface area contributed by atoms with Crippen molar-refractivity contribution in [2.45, 2.75) is 45.6 Å². The highest BCUT2D eigenvalue weighted by atomic mass is 16.5. The second-order valence-corrected chi connectivity index (χ2v) is 5.92. The molecular weight excluding hydrogens is 264 g/mol. The predicted octanol–water partition coefficient (Wildman–Crippen LogP) is 3.18.